The molecule has 8 heteroatoms. The van der Waals surface area contributed by atoms with Crippen LogP contribution in [-0.4, -0.2) is 9.97 Å². The van der Waals surface area contributed by atoms with Crippen LogP contribution in [0.5, 0.6) is 0 Å². The van der Waals surface area contributed by atoms with Crippen molar-refractivity contribution in [2.45, 2.75) is 6.18 Å². The Morgan fingerprint density at radius 2 is 0.936 bits per heavy atom. The van der Waals surface area contributed by atoms with Gasteiger partial charge >= 0.3 is 25.7 Å². The number of halogens is 3. The van der Waals surface area contributed by atoms with Gasteiger partial charge in [-0.2, -0.15) is 13.2 Å². The van der Waals surface area contributed by atoms with Crippen molar-refractivity contribution in [1.82, 2.24) is 19.9 Å². The van der Waals surface area contributed by atoms with E-state index in [2.05, 4.69) is 0 Å². The summed E-state index contributed by atoms with van der Waals surface area (Å²) in [6.45, 7) is 0. The molecule has 8 bridgehead atoms. The molecule has 0 saturated carbocycles. The fourth-order valence-corrected chi connectivity index (χ4v) is 5.94. The van der Waals surface area contributed by atoms with Crippen LogP contribution in [0.3, 0.4) is 0 Å². The van der Waals surface area contributed by atoms with Crippen molar-refractivity contribution in [2.75, 3.05) is 0 Å². The molecule has 0 saturated heterocycles. The van der Waals surface area contributed by atoms with Crippen LogP contribution >= 0.6 is 0 Å². The number of hydrogen-bond acceptors (Lipinski definition) is 2. The Bertz CT molecular complexity index is 2300. The summed E-state index contributed by atoms with van der Waals surface area (Å²) in [7, 11) is 0. The molecule has 47 heavy (non-hydrogen) atoms. The monoisotopic (exact) mass is 668 g/mol. The van der Waals surface area contributed by atoms with E-state index in [1.54, 1.807) is 0 Å². The largest absolute Gasteiger partial charge is 2.00 e. The molecule has 8 rings (SSSR count). The minimum atomic E-state index is -4.45. The molecule has 0 spiro atoms. The van der Waals surface area contributed by atoms with Gasteiger partial charge in [0.2, 0.25) is 0 Å². The first kappa shape index (κ1) is 30.3. The number of hydrogen-bond donors (Lipinski definition) is 0. The van der Waals surface area contributed by atoms with Gasteiger partial charge in [-0.05, 0) is 69.8 Å². The van der Waals surface area contributed by atoms with E-state index in [9.17, 15) is 13.2 Å². The van der Waals surface area contributed by atoms with Gasteiger partial charge in [0, 0.05) is 0 Å². The maximum atomic E-state index is 13.5. The van der Waals surface area contributed by atoms with Crippen molar-refractivity contribution < 1.29 is 32.6 Å². The van der Waals surface area contributed by atoms with Crippen LogP contribution < -0.4 is 9.97 Å². The number of fused-ring (bicyclic) bond motifs is 8. The third kappa shape index (κ3) is 5.77. The Balaban J connectivity index is 0.00000351. The molecule has 3 aromatic heterocycles. The van der Waals surface area contributed by atoms with E-state index in [4.69, 9.17) is 19.9 Å². The first-order chi connectivity index (χ1) is 22.4. The molecule has 6 aromatic rings. The Kier molecular flexibility index (Phi) is 7.82. The van der Waals surface area contributed by atoms with Crippen molar-refractivity contribution in [2.24, 2.45) is 0 Å². The molecule has 0 atom stereocenters. The van der Waals surface area contributed by atoms with Crippen molar-refractivity contribution in [1.29, 1.82) is 0 Å². The Morgan fingerprint density at radius 1 is 0.468 bits per heavy atom. The topological polar surface area (TPSA) is 54.0 Å². The summed E-state index contributed by atoms with van der Waals surface area (Å²) >= 11 is 0. The molecule has 0 aliphatic carbocycles. The van der Waals surface area contributed by atoms with Gasteiger partial charge in [0.25, 0.3) is 0 Å². The molecule has 2 aliphatic rings. The maximum absolute atomic E-state index is 13.5. The zero-order chi connectivity index (χ0) is 31.3. The van der Waals surface area contributed by atoms with Crippen LogP contribution in [0, 0.1) is 0 Å². The molecule has 0 radical (unpaired) electrons. The van der Waals surface area contributed by atoms with Gasteiger partial charge < -0.3 is 9.97 Å². The molecule has 0 unspecified atom stereocenters. The average Bonchev–Trinajstić information content (AvgIpc) is 3.89. The van der Waals surface area contributed by atoms with E-state index >= 15 is 0 Å². The number of aromatic nitrogens is 4. The minimum Gasteiger partial charge on any atom is -0.657 e. The number of rotatable bonds is 3. The van der Waals surface area contributed by atoms with Crippen molar-refractivity contribution in [3.05, 3.63) is 144 Å². The molecule has 0 N–H and O–H groups in total. The van der Waals surface area contributed by atoms with Gasteiger partial charge in [0.1, 0.15) is 0 Å². The van der Waals surface area contributed by atoms with Gasteiger partial charge in [-0.25, -0.2) is 9.97 Å². The third-order valence-electron chi connectivity index (χ3n) is 8.06. The van der Waals surface area contributed by atoms with E-state index in [0.29, 0.717) is 33.5 Å². The summed E-state index contributed by atoms with van der Waals surface area (Å²) in [5.41, 5.74) is 9.65. The summed E-state index contributed by atoms with van der Waals surface area (Å²) < 4.78 is 40.6. The second kappa shape index (κ2) is 12.1. The smallest absolute Gasteiger partial charge is 0.657 e. The normalized spacial score (nSPS) is 12.2. The number of benzene rings is 3. The van der Waals surface area contributed by atoms with E-state index in [0.717, 1.165) is 56.8 Å². The Hall–Kier alpha value is -5.33. The second-order valence-corrected chi connectivity index (χ2v) is 11.0. The summed E-state index contributed by atoms with van der Waals surface area (Å²) in [4.78, 5) is 20.1. The second-order valence-electron chi connectivity index (χ2n) is 11.0. The summed E-state index contributed by atoms with van der Waals surface area (Å²) in [5, 5.41) is 0. The molecular weight excluding hydrogens is 647 g/mol. The van der Waals surface area contributed by atoms with Crippen LogP contribution in [0.15, 0.2) is 115 Å². The summed E-state index contributed by atoms with van der Waals surface area (Å²) in [6.07, 6.45) is 3.29. The average molecular weight is 670 g/mol. The maximum Gasteiger partial charge on any atom is 2.00 e. The zero-order valence-corrected chi connectivity index (χ0v) is 27.9. The van der Waals surface area contributed by atoms with E-state index in [1.807, 2.05) is 115 Å². The minimum absolute atomic E-state index is 0. The van der Waals surface area contributed by atoms with E-state index < -0.39 is 11.7 Å². The Morgan fingerprint density at radius 3 is 1.49 bits per heavy atom. The first-order valence-corrected chi connectivity index (χ1v) is 14.7. The molecule has 3 aromatic carbocycles. The zero-order valence-electron chi connectivity index (χ0n) is 24.9. The predicted octanol–water partition coefficient (Wildman–Crippen LogP) is 9.93. The van der Waals surface area contributed by atoms with Gasteiger partial charge in [-0.15, -0.1) is 22.1 Å². The van der Waals surface area contributed by atoms with Crippen molar-refractivity contribution >= 4 is 46.4 Å². The quantitative estimate of drug-likeness (QED) is 0.176. The van der Waals surface area contributed by atoms with E-state index in [-0.39, 0.29) is 19.5 Å². The van der Waals surface area contributed by atoms with Crippen molar-refractivity contribution in [3.8, 4) is 33.4 Å². The molecule has 222 valence electrons. The summed E-state index contributed by atoms with van der Waals surface area (Å²) in [5.74, 6) is 0. The van der Waals surface area contributed by atoms with E-state index in [1.165, 1.54) is 12.1 Å². The Labute approximate surface area is 281 Å². The van der Waals surface area contributed by atoms with Crippen LogP contribution in [0.2, 0.25) is 0 Å². The fraction of sp³-hybridized carbons (Fsp3) is 0.0256. The van der Waals surface area contributed by atoms with Crippen LogP contribution in [0.25, 0.3) is 79.8 Å². The summed E-state index contributed by atoms with van der Waals surface area (Å²) in [6, 6.07) is 34.7. The fourth-order valence-electron chi connectivity index (χ4n) is 5.94. The number of alkyl halides is 3. The third-order valence-corrected chi connectivity index (χ3v) is 8.06. The predicted molar refractivity (Wildman–Crippen MR) is 178 cm³/mol. The van der Waals surface area contributed by atoms with Gasteiger partial charge in [-0.3, -0.25) is 0 Å². The molecule has 0 amide bonds. The van der Waals surface area contributed by atoms with Crippen LogP contribution in [0.4, 0.5) is 13.2 Å². The molecule has 0 fully saturated rings. The molecular formula is C39H23F3N4Zn. The van der Waals surface area contributed by atoms with Gasteiger partial charge in [-0.1, -0.05) is 103 Å². The molecule has 2 aliphatic heterocycles. The SMILES string of the molecule is FC(F)(F)c1ccc(-c2c3nc(c(-c4ccccc4)c4ccc(cc5nc(c(-c6ccccc6)c6ccc2[n-]6)C=C5)[n-]4)C=C3)cc1.[Zn+2]. The van der Waals surface area contributed by atoms with Crippen LogP contribution in [0.1, 0.15) is 28.3 Å². The van der Waals surface area contributed by atoms with Gasteiger partial charge in [0.15, 0.2) is 0 Å². The van der Waals surface area contributed by atoms with Gasteiger partial charge in [0.05, 0.1) is 28.3 Å². The molecule has 5 heterocycles. The standard InChI is InChI=1S/C39H23F3N4.Zn/c40-39(41,42)27-13-11-26(12-14-27)38-34-21-19-32(45-34)36(24-7-3-1-4-8-24)30-17-15-28(43-30)23-29-16-18-31(44-29)37(25-9-5-2-6-10-25)33-20-22-35(38)46-33;/h1-23H;/q-2;+2. The first-order valence-electron chi connectivity index (χ1n) is 14.7. The van der Waals surface area contributed by atoms with Crippen LogP contribution in [-0.2, 0) is 25.7 Å². The van der Waals surface area contributed by atoms with Crippen molar-refractivity contribution in [3.63, 3.8) is 0 Å². The number of nitrogens with zero attached hydrogens (tertiary/aromatic N) is 4. The molecule has 4 nitrogen and oxygen atoms in total.